The van der Waals surface area contributed by atoms with Gasteiger partial charge in [-0.15, -0.1) is 10.2 Å². The van der Waals surface area contributed by atoms with Gasteiger partial charge in [-0.1, -0.05) is 12.8 Å². The fourth-order valence-corrected chi connectivity index (χ4v) is 5.27. The summed E-state index contributed by atoms with van der Waals surface area (Å²) in [5.74, 6) is 4.16. The molecule has 2 atom stereocenters. The fraction of sp³-hybridized carbons (Fsp3) is 0.577. The molecule has 2 aliphatic rings. The normalized spacial score (nSPS) is 19.5. The van der Waals surface area contributed by atoms with Gasteiger partial charge in [-0.3, -0.25) is 4.40 Å². The van der Waals surface area contributed by atoms with E-state index in [1.54, 1.807) is 0 Å². The molecule has 4 aromatic heterocycles. The third kappa shape index (κ3) is 4.17. The average molecular weight is 490 g/mol. The smallest absolute Gasteiger partial charge is 0.203 e. The Morgan fingerprint density at radius 2 is 2.00 bits per heavy atom. The van der Waals surface area contributed by atoms with E-state index in [4.69, 9.17) is 19.7 Å². The van der Waals surface area contributed by atoms with E-state index in [1.165, 1.54) is 12.8 Å². The lowest BCUT2D eigenvalue weighted by atomic mass is 10.1. The number of rotatable bonds is 7. The van der Waals surface area contributed by atoms with E-state index < -0.39 is 0 Å². The van der Waals surface area contributed by atoms with Crippen molar-refractivity contribution in [3.05, 3.63) is 24.3 Å². The molecule has 1 N–H and O–H groups in total. The standard InChI is InChI=1S/C26H35N9O/c1-15(2)28-24-26-32-31-18(5)34(26)13-21(29-24)25-30-20-12-27-23(33-8-9-36-14-17(33)4)11-22(20)35(25)16(3)10-19-6-7-19/h11-13,15-17,19H,6-10,14H2,1-5H3,(H,28,29)/t16?,17-/m0/s1. The highest BCUT2D eigenvalue weighted by atomic mass is 16.5. The summed E-state index contributed by atoms with van der Waals surface area (Å²) in [6, 6.07) is 2.99. The summed E-state index contributed by atoms with van der Waals surface area (Å²) in [7, 11) is 0. The number of hydrogen-bond acceptors (Lipinski definition) is 8. The van der Waals surface area contributed by atoms with Gasteiger partial charge in [-0.25, -0.2) is 15.0 Å². The first-order valence-electron chi connectivity index (χ1n) is 13.1. The van der Waals surface area contributed by atoms with Gasteiger partial charge in [0, 0.05) is 30.9 Å². The number of aromatic nitrogens is 7. The number of aryl methyl sites for hydroxylation is 1. The molecule has 10 nitrogen and oxygen atoms in total. The molecule has 0 bridgehead atoms. The lowest BCUT2D eigenvalue weighted by Gasteiger charge is -2.34. The van der Waals surface area contributed by atoms with Gasteiger partial charge in [0.15, 0.2) is 11.6 Å². The molecule has 2 fully saturated rings. The first kappa shape index (κ1) is 23.1. The fourth-order valence-electron chi connectivity index (χ4n) is 5.27. The number of ether oxygens (including phenoxy) is 1. The van der Waals surface area contributed by atoms with Crippen LogP contribution in [0.4, 0.5) is 11.6 Å². The van der Waals surface area contributed by atoms with Crippen molar-refractivity contribution in [2.45, 2.75) is 72.0 Å². The predicted octanol–water partition coefficient (Wildman–Crippen LogP) is 4.25. The van der Waals surface area contributed by atoms with Crippen LogP contribution in [0.15, 0.2) is 18.5 Å². The molecule has 1 unspecified atom stereocenters. The molecule has 0 amide bonds. The van der Waals surface area contributed by atoms with Crippen molar-refractivity contribution >= 4 is 28.3 Å². The minimum atomic E-state index is 0.212. The van der Waals surface area contributed by atoms with Gasteiger partial charge in [-0.05, 0) is 47.0 Å². The molecule has 1 saturated carbocycles. The second-order valence-electron chi connectivity index (χ2n) is 10.7. The highest BCUT2D eigenvalue weighted by Crippen LogP contribution is 2.40. The van der Waals surface area contributed by atoms with Crippen LogP contribution in [0, 0.1) is 12.8 Å². The summed E-state index contributed by atoms with van der Waals surface area (Å²) in [5, 5.41) is 12.1. The topological polar surface area (TPSA) is 98.3 Å². The van der Waals surface area contributed by atoms with Gasteiger partial charge >= 0.3 is 0 Å². The van der Waals surface area contributed by atoms with Crippen LogP contribution in [0.3, 0.4) is 0 Å². The van der Waals surface area contributed by atoms with Crippen LogP contribution in [0.25, 0.3) is 28.2 Å². The first-order chi connectivity index (χ1) is 17.4. The minimum absolute atomic E-state index is 0.212. The number of fused-ring (bicyclic) bond motifs is 2. The largest absolute Gasteiger partial charge is 0.377 e. The zero-order chi connectivity index (χ0) is 25.0. The lowest BCUT2D eigenvalue weighted by molar-refractivity contribution is 0.0985. The summed E-state index contributed by atoms with van der Waals surface area (Å²) in [5.41, 5.74) is 3.51. The molecule has 1 saturated heterocycles. The molecular weight excluding hydrogens is 454 g/mol. The van der Waals surface area contributed by atoms with E-state index in [0.717, 1.165) is 77.8 Å². The highest BCUT2D eigenvalue weighted by Gasteiger charge is 2.29. The second-order valence-corrected chi connectivity index (χ2v) is 10.7. The first-order valence-corrected chi connectivity index (χ1v) is 13.1. The number of imidazole rings is 1. The SMILES string of the molecule is Cc1nnc2c(NC(C)C)nc(-c3nc4cnc(N5CCOC[C@@H]5C)cc4n3C(C)CC3CC3)cn12. The molecular formula is C26H35N9O. The summed E-state index contributed by atoms with van der Waals surface area (Å²) in [6.45, 7) is 12.9. The van der Waals surface area contributed by atoms with Crippen molar-refractivity contribution in [1.29, 1.82) is 0 Å². The summed E-state index contributed by atoms with van der Waals surface area (Å²) < 4.78 is 10.0. The van der Waals surface area contributed by atoms with Crippen LogP contribution in [0.1, 0.15) is 58.8 Å². The maximum absolute atomic E-state index is 5.66. The number of hydrogen-bond donors (Lipinski definition) is 1. The average Bonchev–Trinajstić information content (AvgIpc) is 3.46. The van der Waals surface area contributed by atoms with Crippen LogP contribution in [0.2, 0.25) is 0 Å². The van der Waals surface area contributed by atoms with Gasteiger partial charge in [0.25, 0.3) is 0 Å². The quantitative estimate of drug-likeness (QED) is 0.411. The Kier molecular flexibility index (Phi) is 5.78. The van der Waals surface area contributed by atoms with Crippen LogP contribution < -0.4 is 10.2 Å². The Morgan fingerprint density at radius 3 is 2.75 bits per heavy atom. The van der Waals surface area contributed by atoms with Crippen LogP contribution in [-0.2, 0) is 4.74 Å². The van der Waals surface area contributed by atoms with E-state index >= 15 is 0 Å². The van der Waals surface area contributed by atoms with E-state index in [-0.39, 0.29) is 18.1 Å². The number of morpholine rings is 1. The van der Waals surface area contributed by atoms with Gasteiger partial charge in [0.2, 0.25) is 5.65 Å². The van der Waals surface area contributed by atoms with Crippen LogP contribution in [-0.4, -0.2) is 66.0 Å². The van der Waals surface area contributed by atoms with Crippen LogP contribution in [0.5, 0.6) is 0 Å². The van der Waals surface area contributed by atoms with Crippen molar-refractivity contribution in [3.8, 4) is 11.5 Å². The summed E-state index contributed by atoms with van der Waals surface area (Å²) in [4.78, 5) is 17.3. The summed E-state index contributed by atoms with van der Waals surface area (Å²) >= 11 is 0. The molecule has 0 aromatic carbocycles. The molecule has 1 aliphatic heterocycles. The molecule has 4 aromatic rings. The predicted molar refractivity (Wildman–Crippen MR) is 140 cm³/mol. The van der Waals surface area contributed by atoms with Crippen molar-refractivity contribution in [3.63, 3.8) is 0 Å². The zero-order valence-electron chi connectivity index (χ0n) is 21.8. The molecule has 6 rings (SSSR count). The monoisotopic (exact) mass is 489 g/mol. The number of nitrogens with zero attached hydrogens (tertiary/aromatic N) is 8. The number of nitrogens with one attached hydrogen (secondary N) is 1. The van der Waals surface area contributed by atoms with Crippen molar-refractivity contribution in [2.24, 2.45) is 5.92 Å². The Hall–Kier alpha value is -3.27. The summed E-state index contributed by atoms with van der Waals surface area (Å²) in [6.07, 6.45) is 7.69. The molecule has 10 heteroatoms. The Labute approximate surface area is 211 Å². The van der Waals surface area contributed by atoms with Gasteiger partial charge in [0.05, 0.1) is 31.0 Å². The Balaban J connectivity index is 1.53. The molecule has 36 heavy (non-hydrogen) atoms. The second kappa shape index (κ2) is 8.99. The Bertz CT molecular complexity index is 1400. The molecule has 190 valence electrons. The van der Waals surface area contributed by atoms with E-state index in [9.17, 15) is 0 Å². The van der Waals surface area contributed by atoms with Crippen LogP contribution >= 0.6 is 0 Å². The van der Waals surface area contributed by atoms with Crippen molar-refractivity contribution < 1.29 is 4.74 Å². The van der Waals surface area contributed by atoms with E-state index in [1.807, 2.05) is 23.7 Å². The van der Waals surface area contributed by atoms with Crippen molar-refractivity contribution in [2.75, 3.05) is 30.0 Å². The van der Waals surface area contributed by atoms with Gasteiger partial charge in [-0.2, -0.15) is 0 Å². The molecule has 5 heterocycles. The lowest BCUT2D eigenvalue weighted by Crippen LogP contribution is -2.44. The number of pyridine rings is 1. The highest BCUT2D eigenvalue weighted by molar-refractivity contribution is 5.82. The molecule has 0 spiro atoms. The zero-order valence-corrected chi connectivity index (χ0v) is 21.8. The van der Waals surface area contributed by atoms with E-state index in [2.05, 4.69) is 58.7 Å². The third-order valence-corrected chi connectivity index (χ3v) is 7.25. The molecule has 0 radical (unpaired) electrons. The molecule has 1 aliphatic carbocycles. The van der Waals surface area contributed by atoms with E-state index in [0.29, 0.717) is 0 Å². The minimum Gasteiger partial charge on any atom is -0.377 e. The number of anilines is 2. The van der Waals surface area contributed by atoms with Gasteiger partial charge in [0.1, 0.15) is 22.9 Å². The Morgan fingerprint density at radius 1 is 1.17 bits per heavy atom. The van der Waals surface area contributed by atoms with Gasteiger partial charge < -0.3 is 19.5 Å². The third-order valence-electron chi connectivity index (χ3n) is 7.25. The maximum atomic E-state index is 5.66. The maximum Gasteiger partial charge on any atom is 0.203 e. The van der Waals surface area contributed by atoms with Crippen molar-refractivity contribution in [1.82, 2.24) is 34.1 Å².